The summed E-state index contributed by atoms with van der Waals surface area (Å²) in [4.78, 5) is 0.118. The van der Waals surface area contributed by atoms with Crippen LogP contribution >= 0.6 is 28.3 Å². The van der Waals surface area contributed by atoms with Crippen LogP contribution < -0.4 is 5.73 Å². The molecule has 21 heavy (non-hydrogen) atoms. The summed E-state index contributed by atoms with van der Waals surface area (Å²) in [5.41, 5.74) is 6.03. The van der Waals surface area contributed by atoms with Crippen LogP contribution in [0.25, 0.3) is 0 Å². The zero-order chi connectivity index (χ0) is 14.5. The second-order valence-electron chi connectivity index (χ2n) is 5.56. The quantitative estimate of drug-likeness (QED) is 0.830. The molecule has 0 amide bonds. The van der Waals surface area contributed by atoms with E-state index in [2.05, 4.69) is 15.9 Å². The molecule has 2 aliphatic rings. The minimum Gasteiger partial charge on any atom is -0.327 e. The fourth-order valence-corrected chi connectivity index (χ4v) is 5.83. The highest BCUT2D eigenvalue weighted by atomic mass is 79.9. The first-order valence-electron chi connectivity index (χ1n) is 6.60. The fourth-order valence-electron chi connectivity index (χ4n) is 3.29. The van der Waals surface area contributed by atoms with Gasteiger partial charge in [0.2, 0.25) is 10.0 Å². The highest BCUT2D eigenvalue weighted by Gasteiger charge is 2.45. The van der Waals surface area contributed by atoms with Crippen molar-refractivity contribution >= 4 is 38.4 Å². The van der Waals surface area contributed by atoms with Crippen molar-refractivity contribution < 1.29 is 12.8 Å². The van der Waals surface area contributed by atoms with Crippen molar-refractivity contribution in [3.05, 3.63) is 28.5 Å². The van der Waals surface area contributed by atoms with Crippen LogP contribution in [0.4, 0.5) is 4.39 Å². The molecule has 1 aliphatic carbocycles. The van der Waals surface area contributed by atoms with Gasteiger partial charge in [-0.1, -0.05) is 0 Å². The molecule has 2 fully saturated rings. The fraction of sp³-hybridized carbons (Fsp3) is 0.538. The van der Waals surface area contributed by atoms with Gasteiger partial charge < -0.3 is 5.73 Å². The molecule has 3 rings (SSSR count). The minimum atomic E-state index is -3.59. The van der Waals surface area contributed by atoms with E-state index in [1.807, 2.05) is 0 Å². The van der Waals surface area contributed by atoms with Gasteiger partial charge in [-0.3, -0.25) is 0 Å². The Hall–Kier alpha value is -0.210. The van der Waals surface area contributed by atoms with Crippen molar-refractivity contribution in [3.8, 4) is 0 Å². The molecule has 1 heterocycles. The zero-order valence-corrected chi connectivity index (χ0v) is 14.4. The maximum absolute atomic E-state index is 13.1. The molecule has 8 heteroatoms. The van der Waals surface area contributed by atoms with Crippen molar-refractivity contribution in [2.45, 2.75) is 23.8 Å². The van der Waals surface area contributed by atoms with Crippen molar-refractivity contribution in [1.29, 1.82) is 0 Å². The predicted molar refractivity (Wildman–Crippen MR) is 84.3 cm³/mol. The number of nitrogens with zero attached hydrogens (tertiary/aromatic N) is 1. The van der Waals surface area contributed by atoms with E-state index in [4.69, 9.17) is 5.73 Å². The summed E-state index contributed by atoms with van der Waals surface area (Å²) in [5.74, 6) is 0.152. The molecule has 0 bridgehead atoms. The lowest BCUT2D eigenvalue weighted by molar-refractivity contribution is 0.427. The molecule has 118 valence electrons. The van der Waals surface area contributed by atoms with E-state index in [-0.39, 0.29) is 33.7 Å². The Morgan fingerprint density at radius 3 is 2.62 bits per heavy atom. The van der Waals surface area contributed by atoms with Gasteiger partial charge >= 0.3 is 0 Å². The van der Waals surface area contributed by atoms with Gasteiger partial charge in [0.25, 0.3) is 0 Å². The molecular formula is C13H17BrClFN2O2S. The molecule has 1 saturated carbocycles. The molecule has 2 N–H and O–H groups in total. The van der Waals surface area contributed by atoms with Crippen molar-refractivity contribution in [1.82, 2.24) is 4.31 Å². The summed E-state index contributed by atoms with van der Waals surface area (Å²) in [7, 11) is -3.59. The summed E-state index contributed by atoms with van der Waals surface area (Å²) in [6.45, 7) is 0.989. The molecular weight excluding hydrogens is 383 g/mol. The maximum Gasteiger partial charge on any atom is 0.244 e. The van der Waals surface area contributed by atoms with E-state index < -0.39 is 15.8 Å². The molecule has 3 unspecified atom stereocenters. The molecule has 0 radical (unpaired) electrons. The van der Waals surface area contributed by atoms with Crippen LogP contribution in [-0.4, -0.2) is 31.9 Å². The van der Waals surface area contributed by atoms with Gasteiger partial charge in [0.15, 0.2) is 0 Å². The predicted octanol–water partition coefficient (Wildman–Crippen LogP) is 2.37. The van der Waals surface area contributed by atoms with Crippen LogP contribution in [0.2, 0.25) is 0 Å². The molecule has 0 aromatic heterocycles. The van der Waals surface area contributed by atoms with Gasteiger partial charge in [0, 0.05) is 23.6 Å². The van der Waals surface area contributed by atoms with E-state index in [1.54, 1.807) is 0 Å². The number of benzene rings is 1. The third-order valence-electron chi connectivity index (χ3n) is 4.39. The molecule has 1 saturated heterocycles. The average Bonchev–Trinajstić information content (AvgIpc) is 2.92. The third kappa shape index (κ3) is 2.99. The number of halogens is 3. The van der Waals surface area contributed by atoms with Crippen LogP contribution in [-0.2, 0) is 10.0 Å². The normalized spacial score (nSPS) is 29.2. The molecule has 4 nitrogen and oxygen atoms in total. The summed E-state index contributed by atoms with van der Waals surface area (Å²) in [6.07, 6.45) is 1.96. The van der Waals surface area contributed by atoms with Gasteiger partial charge in [-0.05, 0) is 58.8 Å². The summed E-state index contributed by atoms with van der Waals surface area (Å²) >= 11 is 3.13. The second-order valence-corrected chi connectivity index (χ2v) is 8.32. The standard InChI is InChI=1S/C13H16BrFN2O2S.ClH/c14-11-5-9(15)2-4-13(11)20(18,19)17-6-8-1-3-12(16)10(8)7-17;/h2,4-5,8,10,12H,1,3,6-7,16H2;1H. The smallest absolute Gasteiger partial charge is 0.244 e. The van der Waals surface area contributed by atoms with Crippen molar-refractivity contribution in [2.75, 3.05) is 13.1 Å². The van der Waals surface area contributed by atoms with E-state index in [9.17, 15) is 12.8 Å². The average molecular weight is 400 g/mol. The van der Waals surface area contributed by atoms with Gasteiger partial charge in [-0.25, -0.2) is 12.8 Å². The van der Waals surface area contributed by atoms with Crippen LogP contribution in [0.15, 0.2) is 27.6 Å². The first kappa shape index (κ1) is 17.1. The number of nitrogens with two attached hydrogens (primary N) is 1. The molecule has 1 aromatic carbocycles. The van der Waals surface area contributed by atoms with E-state index in [1.165, 1.54) is 22.5 Å². The van der Waals surface area contributed by atoms with E-state index in [0.29, 0.717) is 19.0 Å². The molecule has 0 spiro atoms. The summed E-state index contributed by atoms with van der Waals surface area (Å²) in [5, 5.41) is 0. The Labute approximate surface area is 138 Å². The number of sulfonamides is 1. The van der Waals surface area contributed by atoms with Gasteiger partial charge in [0.1, 0.15) is 5.82 Å². The van der Waals surface area contributed by atoms with Crippen molar-refractivity contribution in [2.24, 2.45) is 17.6 Å². The van der Waals surface area contributed by atoms with E-state index in [0.717, 1.165) is 12.8 Å². The Bertz CT molecular complexity index is 643. The summed E-state index contributed by atoms with van der Waals surface area (Å²) < 4.78 is 40.1. The first-order chi connectivity index (χ1) is 9.39. The number of rotatable bonds is 2. The lowest BCUT2D eigenvalue weighted by atomic mass is 9.98. The summed E-state index contributed by atoms with van der Waals surface area (Å²) in [6, 6.07) is 3.75. The van der Waals surface area contributed by atoms with Crippen LogP contribution in [0.5, 0.6) is 0 Å². The highest BCUT2D eigenvalue weighted by molar-refractivity contribution is 9.10. The van der Waals surface area contributed by atoms with Gasteiger partial charge in [-0.2, -0.15) is 4.31 Å². The van der Waals surface area contributed by atoms with Crippen LogP contribution in [0.3, 0.4) is 0 Å². The lowest BCUT2D eigenvalue weighted by Gasteiger charge is -2.19. The van der Waals surface area contributed by atoms with Crippen LogP contribution in [0.1, 0.15) is 12.8 Å². The largest absolute Gasteiger partial charge is 0.327 e. The maximum atomic E-state index is 13.1. The zero-order valence-electron chi connectivity index (χ0n) is 11.2. The lowest BCUT2D eigenvalue weighted by Crippen LogP contribution is -2.33. The minimum absolute atomic E-state index is 0. The van der Waals surface area contributed by atoms with Crippen molar-refractivity contribution in [3.63, 3.8) is 0 Å². The second kappa shape index (κ2) is 6.12. The first-order valence-corrected chi connectivity index (χ1v) is 8.83. The monoisotopic (exact) mass is 398 g/mol. The Kier molecular flexibility index (Phi) is 5.00. The molecule has 3 atom stereocenters. The van der Waals surface area contributed by atoms with Gasteiger partial charge in [0.05, 0.1) is 4.90 Å². The highest BCUT2D eigenvalue weighted by Crippen LogP contribution is 2.40. The Morgan fingerprint density at radius 1 is 1.29 bits per heavy atom. The van der Waals surface area contributed by atoms with Crippen LogP contribution in [0, 0.1) is 17.7 Å². The Morgan fingerprint density at radius 2 is 2.00 bits per heavy atom. The van der Waals surface area contributed by atoms with E-state index >= 15 is 0 Å². The SMILES string of the molecule is Cl.NC1CCC2CN(S(=O)(=O)c3ccc(F)cc3Br)CC12. The Balaban J connectivity index is 0.00000161. The third-order valence-corrected chi connectivity index (χ3v) is 7.20. The number of hydrogen-bond acceptors (Lipinski definition) is 3. The number of hydrogen-bond donors (Lipinski definition) is 1. The molecule has 1 aliphatic heterocycles. The topological polar surface area (TPSA) is 63.4 Å². The molecule has 1 aromatic rings. The van der Waals surface area contributed by atoms with Gasteiger partial charge in [-0.15, -0.1) is 12.4 Å². The number of fused-ring (bicyclic) bond motifs is 1.